The molecular formula is C27H26F3NO2. The summed E-state index contributed by atoms with van der Waals surface area (Å²) >= 11 is 0. The maximum absolute atomic E-state index is 13.2. The monoisotopic (exact) mass is 453 g/mol. The van der Waals surface area contributed by atoms with Gasteiger partial charge < -0.3 is 9.64 Å². The zero-order valence-electron chi connectivity index (χ0n) is 18.4. The third-order valence-corrected chi connectivity index (χ3v) is 5.97. The standard InChI is InChI=1S/C27H26F3NO2/c1-2-3-7-18-33-23-16-10-20(11-17-23)25-24(19-8-5-4-6-9-19)26(32)31(25)22-14-12-21(13-15-22)27(28,29)30/h4-6,8-17,24-25H,2-3,7,18H2,1H3. The van der Waals surface area contributed by atoms with E-state index >= 15 is 0 Å². The molecule has 1 aliphatic heterocycles. The largest absolute Gasteiger partial charge is 0.494 e. The number of hydrogen-bond donors (Lipinski definition) is 0. The maximum Gasteiger partial charge on any atom is 0.416 e. The first-order valence-corrected chi connectivity index (χ1v) is 11.2. The van der Waals surface area contributed by atoms with Crippen LogP contribution in [0.3, 0.4) is 0 Å². The highest BCUT2D eigenvalue weighted by Gasteiger charge is 2.49. The van der Waals surface area contributed by atoms with Crippen molar-refractivity contribution in [3.05, 3.63) is 95.6 Å². The second-order valence-corrected chi connectivity index (χ2v) is 8.21. The van der Waals surface area contributed by atoms with Gasteiger partial charge in [0, 0.05) is 5.69 Å². The smallest absolute Gasteiger partial charge is 0.416 e. The number of alkyl halides is 3. The van der Waals surface area contributed by atoms with Crippen molar-refractivity contribution in [2.45, 2.75) is 44.3 Å². The van der Waals surface area contributed by atoms with Gasteiger partial charge in [0.15, 0.2) is 0 Å². The van der Waals surface area contributed by atoms with Crippen molar-refractivity contribution < 1.29 is 22.7 Å². The first-order valence-electron chi connectivity index (χ1n) is 11.2. The van der Waals surface area contributed by atoms with Crippen LogP contribution in [0.1, 0.15) is 54.8 Å². The Bertz CT molecular complexity index is 1060. The molecule has 33 heavy (non-hydrogen) atoms. The van der Waals surface area contributed by atoms with E-state index in [4.69, 9.17) is 4.74 Å². The topological polar surface area (TPSA) is 29.5 Å². The molecule has 0 aromatic heterocycles. The summed E-state index contributed by atoms with van der Waals surface area (Å²) < 4.78 is 44.8. The highest BCUT2D eigenvalue weighted by atomic mass is 19.4. The van der Waals surface area contributed by atoms with Crippen LogP contribution in [0.15, 0.2) is 78.9 Å². The molecule has 172 valence electrons. The van der Waals surface area contributed by atoms with Gasteiger partial charge in [-0.05, 0) is 53.9 Å². The van der Waals surface area contributed by atoms with E-state index in [0.717, 1.165) is 48.3 Å². The minimum absolute atomic E-state index is 0.133. The summed E-state index contributed by atoms with van der Waals surface area (Å²) in [5.74, 6) is 0.230. The number of rotatable bonds is 8. The Hall–Kier alpha value is -3.28. The number of nitrogens with zero attached hydrogens (tertiary/aromatic N) is 1. The predicted molar refractivity (Wildman–Crippen MR) is 122 cm³/mol. The minimum atomic E-state index is -4.42. The van der Waals surface area contributed by atoms with E-state index in [0.29, 0.717) is 12.3 Å². The second kappa shape index (κ2) is 9.69. The molecule has 0 N–H and O–H groups in total. The van der Waals surface area contributed by atoms with Gasteiger partial charge >= 0.3 is 6.18 Å². The SMILES string of the molecule is CCCCCOc1ccc(C2C(c3ccccc3)C(=O)N2c2ccc(C(F)(F)F)cc2)cc1. The number of unbranched alkanes of at least 4 members (excludes halogenated alkanes) is 2. The fraction of sp³-hybridized carbons (Fsp3) is 0.296. The first-order chi connectivity index (χ1) is 15.9. The third kappa shape index (κ3) is 4.90. The van der Waals surface area contributed by atoms with Crippen molar-refractivity contribution in [3.63, 3.8) is 0 Å². The molecule has 3 aromatic rings. The highest BCUT2D eigenvalue weighted by molar-refractivity contribution is 6.06. The average molecular weight is 454 g/mol. The summed E-state index contributed by atoms with van der Waals surface area (Å²) in [5.41, 5.74) is 1.50. The zero-order valence-corrected chi connectivity index (χ0v) is 18.4. The molecule has 0 spiro atoms. The number of benzene rings is 3. The molecule has 1 amide bonds. The summed E-state index contributed by atoms with van der Waals surface area (Å²) in [7, 11) is 0. The van der Waals surface area contributed by atoms with Crippen LogP contribution in [0.25, 0.3) is 0 Å². The highest BCUT2D eigenvalue weighted by Crippen LogP contribution is 2.49. The molecule has 1 fully saturated rings. The lowest BCUT2D eigenvalue weighted by Gasteiger charge is -2.47. The van der Waals surface area contributed by atoms with Crippen molar-refractivity contribution in [3.8, 4) is 5.75 Å². The van der Waals surface area contributed by atoms with Gasteiger partial charge in [-0.2, -0.15) is 13.2 Å². The molecule has 0 saturated carbocycles. The molecule has 4 rings (SSSR count). The molecule has 0 bridgehead atoms. The number of ether oxygens (including phenoxy) is 1. The second-order valence-electron chi connectivity index (χ2n) is 8.21. The van der Waals surface area contributed by atoms with Crippen LogP contribution in [-0.2, 0) is 11.0 Å². The van der Waals surface area contributed by atoms with E-state index < -0.39 is 17.7 Å². The van der Waals surface area contributed by atoms with Crippen molar-refractivity contribution in [2.24, 2.45) is 0 Å². The fourth-order valence-electron chi connectivity index (χ4n) is 4.22. The molecular weight excluding hydrogens is 427 g/mol. The molecule has 2 unspecified atom stereocenters. The van der Waals surface area contributed by atoms with Crippen LogP contribution >= 0.6 is 0 Å². The maximum atomic E-state index is 13.2. The van der Waals surface area contributed by atoms with Gasteiger partial charge in [0.05, 0.1) is 24.1 Å². The lowest BCUT2D eigenvalue weighted by molar-refractivity contribution is -0.137. The number of β-lactam (4-membered cyclic amide) rings is 1. The number of carbonyl (C=O) groups is 1. The molecule has 1 aliphatic rings. The Balaban J connectivity index is 1.61. The van der Waals surface area contributed by atoms with E-state index in [1.807, 2.05) is 54.6 Å². The third-order valence-electron chi connectivity index (χ3n) is 5.97. The van der Waals surface area contributed by atoms with Gasteiger partial charge in [-0.1, -0.05) is 62.2 Å². The van der Waals surface area contributed by atoms with E-state index in [-0.39, 0.29) is 11.9 Å². The number of hydrogen-bond acceptors (Lipinski definition) is 2. The van der Waals surface area contributed by atoms with Crippen LogP contribution in [0.5, 0.6) is 5.75 Å². The number of carbonyl (C=O) groups excluding carboxylic acids is 1. The first kappa shape index (κ1) is 22.9. The number of amides is 1. The van der Waals surface area contributed by atoms with E-state index in [2.05, 4.69) is 6.92 Å². The Morgan fingerprint density at radius 2 is 1.52 bits per heavy atom. The van der Waals surface area contributed by atoms with Gasteiger partial charge in [-0.25, -0.2) is 0 Å². The van der Waals surface area contributed by atoms with Gasteiger partial charge in [0.2, 0.25) is 5.91 Å². The van der Waals surface area contributed by atoms with Gasteiger partial charge in [-0.3, -0.25) is 4.79 Å². The predicted octanol–water partition coefficient (Wildman–Crippen LogP) is 7.15. The summed E-state index contributed by atoms with van der Waals surface area (Å²) in [6, 6.07) is 21.5. The van der Waals surface area contributed by atoms with Gasteiger partial charge in [0.25, 0.3) is 0 Å². The molecule has 0 aliphatic carbocycles. The molecule has 0 radical (unpaired) electrons. The van der Waals surface area contributed by atoms with E-state index in [9.17, 15) is 18.0 Å². The summed E-state index contributed by atoms with van der Waals surface area (Å²) in [6.07, 6.45) is -1.19. The normalized spacial score (nSPS) is 18.2. The van der Waals surface area contributed by atoms with E-state index in [1.165, 1.54) is 12.1 Å². The van der Waals surface area contributed by atoms with E-state index in [1.54, 1.807) is 4.90 Å². The Morgan fingerprint density at radius 1 is 0.848 bits per heavy atom. The Morgan fingerprint density at radius 3 is 2.12 bits per heavy atom. The van der Waals surface area contributed by atoms with Crippen LogP contribution in [0, 0.1) is 0 Å². The zero-order chi connectivity index (χ0) is 23.4. The van der Waals surface area contributed by atoms with Crippen LogP contribution in [0.2, 0.25) is 0 Å². The van der Waals surface area contributed by atoms with Crippen LogP contribution in [-0.4, -0.2) is 12.5 Å². The summed E-state index contributed by atoms with van der Waals surface area (Å²) in [4.78, 5) is 14.8. The van der Waals surface area contributed by atoms with Gasteiger partial charge in [0.1, 0.15) is 5.75 Å². The number of anilines is 1. The van der Waals surface area contributed by atoms with Crippen LogP contribution in [0.4, 0.5) is 18.9 Å². The van der Waals surface area contributed by atoms with Crippen molar-refractivity contribution >= 4 is 11.6 Å². The van der Waals surface area contributed by atoms with Gasteiger partial charge in [-0.15, -0.1) is 0 Å². The van der Waals surface area contributed by atoms with Crippen molar-refractivity contribution in [1.29, 1.82) is 0 Å². The van der Waals surface area contributed by atoms with Crippen LogP contribution < -0.4 is 9.64 Å². The molecule has 1 saturated heterocycles. The molecule has 3 nitrogen and oxygen atoms in total. The molecule has 3 aromatic carbocycles. The molecule has 1 heterocycles. The molecule has 6 heteroatoms. The summed E-state index contributed by atoms with van der Waals surface area (Å²) in [6.45, 7) is 2.79. The minimum Gasteiger partial charge on any atom is -0.494 e. The number of halogens is 3. The quantitative estimate of drug-likeness (QED) is 0.268. The lowest BCUT2D eigenvalue weighted by atomic mass is 9.77. The fourth-order valence-corrected chi connectivity index (χ4v) is 4.22. The Labute approximate surface area is 191 Å². The Kier molecular flexibility index (Phi) is 6.72. The summed E-state index contributed by atoms with van der Waals surface area (Å²) in [5, 5.41) is 0. The van der Waals surface area contributed by atoms with Crippen molar-refractivity contribution in [2.75, 3.05) is 11.5 Å². The van der Waals surface area contributed by atoms with Crippen molar-refractivity contribution in [1.82, 2.24) is 0 Å². The molecule has 2 atom stereocenters. The average Bonchev–Trinajstić information content (AvgIpc) is 2.81. The lowest BCUT2D eigenvalue weighted by Crippen LogP contribution is -2.53.